The van der Waals surface area contributed by atoms with E-state index in [0.717, 1.165) is 15.1 Å². The van der Waals surface area contributed by atoms with Crippen LogP contribution < -0.4 is 10.6 Å². The molecule has 3 aromatic rings. The molecule has 0 aliphatic heterocycles. The molecule has 138 valence electrons. The number of anilines is 2. The molecular weight excluding hydrogens is 388 g/mol. The topological polar surface area (TPSA) is 114 Å². The number of carbonyl (C=O) groups is 2. The number of carbonyl (C=O) groups excluding carboxylic acids is 2. The standard InChI is InChI=1S/C17H14N4O4S2/c1-10(22)18-11-2-7-14-15(8-11)27-17(19-14)20-16(23)9-26-13-5-3-12(4-6-13)21(24)25/h2-8H,9H2,1H3,(H,18,22)(H,19,20,23). The predicted octanol–water partition coefficient (Wildman–Crippen LogP) is 3.89. The molecule has 0 unspecified atom stereocenters. The van der Waals surface area contributed by atoms with Gasteiger partial charge in [-0.05, 0) is 30.3 Å². The molecular formula is C17H14N4O4S2. The first-order valence-electron chi connectivity index (χ1n) is 7.76. The van der Waals surface area contributed by atoms with Crippen LogP contribution in [-0.2, 0) is 9.59 Å². The Morgan fingerprint density at radius 1 is 1.19 bits per heavy atom. The summed E-state index contributed by atoms with van der Waals surface area (Å²) in [4.78, 5) is 38.5. The zero-order valence-corrected chi connectivity index (χ0v) is 15.7. The third-order valence-corrected chi connectivity index (χ3v) is 5.32. The number of benzene rings is 2. The smallest absolute Gasteiger partial charge is 0.269 e. The molecule has 3 rings (SSSR count). The van der Waals surface area contributed by atoms with Crippen molar-refractivity contribution >= 4 is 61.6 Å². The summed E-state index contributed by atoms with van der Waals surface area (Å²) in [5.41, 5.74) is 1.41. The summed E-state index contributed by atoms with van der Waals surface area (Å²) in [7, 11) is 0. The molecule has 2 aromatic carbocycles. The minimum absolute atomic E-state index is 0.0110. The number of nitro groups is 1. The highest BCUT2D eigenvalue weighted by Crippen LogP contribution is 2.29. The second-order valence-corrected chi connectivity index (χ2v) is 7.55. The van der Waals surface area contributed by atoms with Crippen molar-refractivity contribution in [2.75, 3.05) is 16.4 Å². The quantitative estimate of drug-likeness (QED) is 0.367. The Bertz CT molecular complexity index is 1020. The molecule has 27 heavy (non-hydrogen) atoms. The van der Waals surface area contributed by atoms with E-state index in [2.05, 4.69) is 15.6 Å². The van der Waals surface area contributed by atoms with Gasteiger partial charge in [0.25, 0.3) is 5.69 Å². The van der Waals surface area contributed by atoms with Gasteiger partial charge in [0.05, 0.1) is 20.9 Å². The summed E-state index contributed by atoms with van der Waals surface area (Å²) >= 11 is 2.59. The van der Waals surface area contributed by atoms with Crippen LogP contribution in [0.1, 0.15) is 6.92 Å². The zero-order chi connectivity index (χ0) is 19.4. The van der Waals surface area contributed by atoms with Gasteiger partial charge in [-0.1, -0.05) is 11.3 Å². The van der Waals surface area contributed by atoms with Crippen molar-refractivity contribution in [1.29, 1.82) is 0 Å². The first kappa shape index (κ1) is 18.8. The van der Waals surface area contributed by atoms with Crippen LogP contribution in [0.25, 0.3) is 10.2 Å². The lowest BCUT2D eigenvalue weighted by molar-refractivity contribution is -0.384. The summed E-state index contributed by atoms with van der Waals surface area (Å²) in [5.74, 6) is -0.222. The van der Waals surface area contributed by atoms with Crippen molar-refractivity contribution in [2.24, 2.45) is 0 Å². The number of hydrogen-bond acceptors (Lipinski definition) is 7. The molecule has 0 aliphatic rings. The number of non-ortho nitro benzene ring substituents is 1. The molecule has 0 bridgehead atoms. The highest BCUT2D eigenvalue weighted by Gasteiger charge is 2.10. The second-order valence-electron chi connectivity index (χ2n) is 5.47. The summed E-state index contributed by atoms with van der Waals surface area (Å²) in [5, 5.41) is 16.6. The van der Waals surface area contributed by atoms with Crippen molar-refractivity contribution in [3.8, 4) is 0 Å². The minimum atomic E-state index is -0.467. The Kier molecular flexibility index (Phi) is 5.67. The van der Waals surface area contributed by atoms with Gasteiger partial charge in [-0.2, -0.15) is 0 Å². The number of fused-ring (bicyclic) bond motifs is 1. The van der Waals surface area contributed by atoms with Gasteiger partial charge >= 0.3 is 0 Å². The molecule has 0 spiro atoms. The molecule has 1 aromatic heterocycles. The molecule has 10 heteroatoms. The van der Waals surface area contributed by atoms with Gasteiger partial charge in [0.2, 0.25) is 11.8 Å². The SMILES string of the molecule is CC(=O)Nc1ccc2nc(NC(=O)CSc3ccc([N+](=O)[O-])cc3)sc2c1. The Labute approximate surface area is 162 Å². The lowest BCUT2D eigenvalue weighted by Gasteiger charge is -2.02. The van der Waals surface area contributed by atoms with Crippen LogP contribution in [0, 0.1) is 10.1 Å². The number of thioether (sulfide) groups is 1. The fraction of sp³-hybridized carbons (Fsp3) is 0.118. The second kappa shape index (κ2) is 8.14. The first-order valence-corrected chi connectivity index (χ1v) is 9.56. The highest BCUT2D eigenvalue weighted by molar-refractivity contribution is 8.00. The summed E-state index contributed by atoms with van der Waals surface area (Å²) in [6, 6.07) is 11.4. The monoisotopic (exact) mass is 402 g/mol. The van der Waals surface area contributed by atoms with Gasteiger partial charge in [0.1, 0.15) is 0 Å². The molecule has 0 radical (unpaired) electrons. The van der Waals surface area contributed by atoms with Gasteiger partial charge in [-0.25, -0.2) is 4.98 Å². The summed E-state index contributed by atoms with van der Waals surface area (Å²) in [6.45, 7) is 1.44. The van der Waals surface area contributed by atoms with E-state index < -0.39 is 4.92 Å². The van der Waals surface area contributed by atoms with Crippen LogP contribution in [0.5, 0.6) is 0 Å². The highest BCUT2D eigenvalue weighted by atomic mass is 32.2. The maximum absolute atomic E-state index is 12.1. The van der Waals surface area contributed by atoms with E-state index >= 15 is 0 Å². The average molecular weight is 402 g/mol. The number of nitro benzene ring substituents is 1. The Morgan fingerprint density at radius 2 is 1.93 bits per heavy atom. The van der Waals surface area contributed by atoms with E-state index in [1.807, 2.05) is 0 Å². The van der Waals surface area contributed by atoms with Crippen LogP contribution in [0.3, 0.4) is 0 Å². The van der Waals surface area contributed by atoms with E-state index in [9.17, 15) is 19.7 Å². The van der Waals surface area contributed by atoms with Crippen molar-refractivity contribution < 1.29 is 14.5 Å². The van der Waals surface area contributed by atoms with Crippen LogP contribution in [0.15, 0.2) is 47.4 Å². The number of amides is 2. The molecule has 0 fully saturated rings. The Hall–Kier alpha value is -2.98. The van der Waals surface area contributed by atoms with E-state index in [1.54, 1.807) is 30.3 Å². The van der Waals surface area contributed by atoms with Crippen LogP contribution in [0.4, 0.5) is 16.5 Å². The van der Waals surface area contributed by atoms with E-state index in [0.29, 0.717) is 10.8 Å². The Balaban J connectivity index is 1.60. The van der Waals surface area contributed by atoms with Gasteiger partial charge < -0.3 is 10.6 Å². The van der Waals surface area contributed by atoms with Gasteiger partial charge in [-0.15, -0.1) is 11.8 Å². The van der Waals surface area contributed by atoms with E-state index in [1.165, 1.54) is 42.2 Å². The molecule has 0 aliphatic carbocycles. The summed E-state index contributed by atoms with van der Waals surface area (Å²) in [6.07, 6.45) is 0. The summed E-state index contributed by atoms with van der Waals surface area (Å²) < 4.78 is 0.847. The van der Waals surface area contributed by atoms with Gasteiger partial charge in [0.15, 0.2) is 5.13 Å². The normalized spacial score (nSPS) is 10.6. The third kappa shape index (κ3) is 5.02. The number of hydrogen-bond donors (Lipinski definition) is 2. The maximum atomic E-state index is 12.1. The predicted molar refractivity (Wildman–Crippen MR) is 106 cm³/mol. The number of nitrogens with one attached hydrogen (secondary N) is 2. The van der Waals surface area contributed by atoms with E-state index in [-0.39, 0.29) is 23.3 Å². The maximum Gasteiger partial charge on any atom is 0.269 e. The number of nitrogens with zero attached hydrogens (tertiary/aromatic N) is 2. The number of rotatable bonds is 6. The third-order valence-electron chi connectivity index (χ3n) is 3.37. The number of thiazole rings is 1. The number of aromatic nitrogens is 1. The molecule has 2 amide bonds. The lowest BCUT2D eigenvalue weighted by Crippen LogP contribution is -2.13. The molecule has 0 saturated heterocycles. The molecule has 0 saturated carbocycles. The molecule has 0 atom stereocenters. The van der Waals surface area contributed by atoms with Crippen molar-refractivity contribution in [2.45, 2.75) is 11.8 Å². The van der Waals surface area contributed by atoms with Gasteiger partial charge in [0, 0.05) is 29.6 Å². The fourth-order valence-corrected chi connectivity index (χ4v) is 3.85. The molecule has 2 N–H and O–H groups in total. The van der Waals surface area contributed by atoms with Crippen LogP contribution in [0.2, 0.25) is 0 Å². The van der Waals surface area contributed by atoms with Crippen molar-refractivity contribution in [3.05, 3.63) is 52.6 Å². The molecule has 8 nitrogen and oxygen atoms in total. The first-order chi connectivity index (χ1) is 12.9. The fourth-order valence-electron chi connectivity index (χ4n) is 2.23. The van der Waals surface area contributed by atoms with Gasteiger partial charge in [-0.3, -0.25) is 19.7 Å². The van der Waals surface area contributed by atoms with Crippen LogP contribution >= 0.6 is 23.1 Å². The molecule has 1 heterocycles. The lowest BCUT2D eigenvalue weighted by atomic mass is 10.3. The van der Waals surface area contributed by atoms with Crippen LogP contribution in [-0.4, -0.2) is 27.5 Å². The zero-order valence-electron chi connectivity index (χ0n) is 14.1. The van der Waals surface area contributed by atoms with E-state index in [4.69, 9.17) is 0 Å². The largest absolute Gasteiger partial charge is 0.326 e. The van der Waals surface area contributed by atoms with Crippen molar-refractivity contribution in [3.63, 3.8) is 0 Å². The average Bonchev–Trinajstić information content (AvgIpc) is 3.01. The minimum Gasteiger partial charge on any atom is -0.326 e. The van der Waals surface area contributed by atoms with Crippen molar-refractivity contribution in [1.82, 2.24) is 4.98 Å². The Morgan fingerprint density at radius 3 is 2.59 bits per heavy atom.